The highest BCUT2D eigenvalue weighted by Crippen LogP contribution is 2.08. The fraction of sp³-hybridized carbons (Fsp3) is 1.00. The summed E-state index contributed by atoms with van der Waals surface area (Å²) in [4.78, 5) is 0. The van der Waals surface area contributed by atoms with Crippen molar-refractivity contribution < 1.29 is 30.6 Å². The van der Waals surface area contributed by atoms with Crippen LogP contribution in [-0.2, 0) is 26.0 Å². The number of nitrogens with zero attached hydrogens (tertiary/aromatic N) is 1. The van der Waals surface area contributed by atoms with Crippen molar-refractivity contribution in [2.45, 2.75) is 19.3 Å². The monoisotopic (exact) mass is 262 g/mol. The number of hydrogen-bond donors (Lipinski definition) is 2. The molecule has 1 aliphatic heterocycles. The molecule has 1 atom stereocenters. The summed E-state index contributed by atoms with van der Waals surface area (Å²) >= 11 is -2.39. The van der Waals surface area contributed by atoms with Crippen LogP contribution in [0.15, 0.2) is 0 Å². The van der Waals surface area contributed by atoms with Crippen molar-refractivity contribution in [3.8, 4) is 0 Å². The fourth-order valence-electron chi connectivity index (χ4n) is 1.03. The first kappa shape index (κ1) is 14.9. The zero-order valence-corrected chi connectivity index (χ0v) is 9.37. The van der Waals surface area contributed by atoms with E-state index in [0.29, 0.717) is 0 Å². The van der Waals surface area contributed by atoms with Crippen LogP contribution in [0.25, 0.3) is 0 Å². The third kappa shape index (κ3) is 13.9. The van der Waals surface area contributed by atoms with Crippen LogP contribution in [0.2, 0.25) is 0 Å². The lowest BCUT2D eigenvalue weighted by Crippen LogP contribution is -2.30. The Morgan fingerprint density at radius 2 is 1.60 bits per heavy atom. The molecule has 15 heavy (non-hydrogen) atoms. The highest BCUT2D eigenvalue weighted by molar-refractivity contribution is 7.79. The van der Waals surface area contributed by atoms with Crippen molar-refractivity contribution in [1.82, 2.24) is 5.06 Å². The number of hydrogen-bond acceptors (Lipinski definition) is 6. The first-order valence-electron chi connectivity index (χ1n) is 4.01. The maximum absolute atomic E-state index is 10.0. The van der Waals surface area contributed by atoms with Crippen LogP contribution in [-0.4, -0.2) is 44.4 Å². The van der Waals surface area contributed by atoms with Crippen molar-refractivity contribution in [2.75, 3.05) is 13.1 Å². The Bertz CT molecular complexity index is 276. The van der Waals surface area contributed by atoms with Crippen LogP contribution < -0.4 is 0 Å². The van der Waals surface area contributed by atoms with Gasteiger partial charge in [-0.05, 0) is 12.8 Å². The van der Waals surface area contributed by atoms with Crippen LogP contribution in [0.1, 0.15) is 19.3 Å². The molecule has 1 fully saturated rings. The summed E-state index contributed by atoms with van der Waals surface area (Å²) in [5.41, 5.74) is 0. The second-order valence-corrected chi connectivity index (χ2v) is 4.17. The minimum Gasteiger partial charge on any atom is -0.748 e. The van der Waals surface area contributed by atoms with Gasteiger partial charge >= 0.3 is 10.4 Å². The molecule has 10 heteroatoms. The van der Waals surface area contributed by atoms with Crippen LogP contribution in [0.5, 0.6) is 0 Å². The highest BCUT2D eigenvalue weighted by atomic mass is 32.3. The summed E-state index contributed by atoms with van der Waals surface area (Å²) in [5, 5.41) is 1.48. The summed E-state index contributed by atoms with van der Waals surface area (Å²) < 4.78 is 56.0. The van der Waals surface area contributed by atoms with E-state index in [1.807, 2.05) is 0 Å². The molecule has 1 saturated heterocycles. The highest BCUT2D eigenvalue weighted by Gasteiger charge is 2.09. The van der Waals surface area contributed by atoms with E-state index in [0.717, 1.165) is 25.9 Å². The largest absolute Gasteiger partial charge is 0.748 e. The summed E-state index contributed by atoms with van der Waals surface area (Å²) in [6.07, 6.45) is 3.22. The predicted octanol–water partition coefficient (Wildman–Crippen LogP) is -0.455. The molecular weight excluding hydrogens is 250 g/mol. The Morgan fingerprint density at radius 3 is 1.93 bits per heavy atom. The zero-order valence-electron chi connectivity index (χ0n) is 7.73. The maximum atomic E-state index is 10.0. The van der Waals surface area contributed by atoms with Crippen molar-refractivity contribution in [3.63, 3.8) is 0 Å². The fourth-order valence-corrected chi connectivity index (χ4v) is 1.35. The van der Waals surface area contributed by atoms with E-state index in [9.17, 15) is 8.76 Å². The first-order chi connectivity index (χ1) is 6.79. The molecular formula is C5H12NO7S2-. The Kier molecular flexibility index (Phi) is 7.17. The second-order valence-electron chi connectivity index (χ2n) is 2.72. The third-order valence-corrected chi connectivity index (χ3v) is 1.81. The predicted molar refractivity (Wildman–Crippen MR) is 49.6 cm³/mol. The molecule has 92 valence electrons. The SMILES string of the molecule is O=S(=O)(O)O.O=S([O-])ON1CCCCC1. The normalized spacial score (nSPS) is 20.2. The van der Waals surface area contributed by atoms with Gasteiger partial charge in [0.15, 0.2) is 0 Å². The average Bonchev–Trinajstić information content (AvgIpc) is 2.01. The topological polar surface area (TPSA) is 127 Å². The molecule has 0 aromatic heterocycles. The zero-order chi connectivity index (χ0) is 11.9. The van der Waals surface area contributed by atoms with Crippen LogP contribution in [0.4, 0.5) is 0 Å². The van der Waals surface area contributed by atoms with Gasteiger partial charge in [-0.1, -0.05) is 6.42 Å². The standard InChI is InChI=1S/C5H11NO3S.H2O4S/c7-10(8)9-6-4-2-1-3-5-6;1-5(2,3)4/h1-5H2,(H,7,8);(H2,1,2,3,4)/p-1. The maximum Gasteiger partial charge on any atom is 0.394 e. The lowest BCUT2D eigenvalue weighted by Gasteiger charge is -2.25. The van der Waals surface area contributed by atoms with Gasteiger partial charge in [-0.15, -0.1) is 0 Å². The van der Waals surface area contributed by atoms with E-state index in [1.54, 1.807) is 0 Å². The minimum atomic E-state index is -4.67. The van der Waals surface area contributed by atoms with Gasteiger partial charge in [0, 0.05) is 13.1 Å². The van der Waals surface area contributed by atoms with Gasteiger partial charge in [0.2, 0.25) is 0 Å². The lowest BCUT2D eigenvalue weighted by atomic mass is 10.2. The molecule has 1 aliphatic rings. The molecule has 0 saturated carbocycles. The van der Waals surface area contributed by atoms with Crippen LogP contribution >= 0.6 is 0 Å². The Balaban J connectivity index is 0.000000336. The molecule has 0 aliphatic carbocycles. The van der Waals surface area contributed by atoms with Crippen molar-refractivity contribution in [1.29, 1.82) is 0 Å². The molecule has 0 radical (unpaired) electrons. The first-order valence-corrected chi connectivity index (χ1v) is 6.41. The summed E-state index contributed by atoms with van der Waals surface area (Å²) in [7, 11) is -4.67. The van der Waals surface area contributed by atoms with Gasteiger partial charge in [-0.2, -0.15) is 13.5 Å². The molecule has 0 bridgehead atoms. The minimum absolute atomic E-state index is 0.730. The summed E-state index contributed by atoms with van der Waals surface area (Å²) in [6, 6.07) is 0. The average molecular weight is 262 g/mol. The smallest absolute Gasteiger partial charge is 0.394 e. The molecule has 0 aromatic carbocycles. The van der Waals surface area contributed by atoms with Gasteiger partial charge in [0.1, 0.15) is 11.4 Å². The van der Waals surface area contributed by atoms with Crippen molar-refractivity contribution in [3.05, 3.63) is 0 Å². The van der Waals surface area contributed by atoms with E-state index in [-0.39, 0.29) is 0 Å². The second kappa shape index (κ2) is 7.22. The van der Waals surface area contributed by atoms with Crippen LogP contribution in [0.3, 0.4) is 0 Å². The van der Waals surface area contributed by atoms with Gasteiger partial charge in [-0.25, -0.2) is 8.49 Å². The van der Waals surface area contributed by atoms with Gasteiger partial charge < -0.3 is 4.55 Å². The quantitative estimate of drug-likeness (QED) is 0.505. The van der Waals surface area contributed by atoms with E-state index in [1.165, 1.54) is 11.5 Å². The molecule has 8 nitrogen and oxygen atoms in total. The van der Waals surface area contributed by atoms with Crippen molar-refractivity contribution in [2.24, 2.45) is 0 Å². The molecule has 0 amide bonds. The Morgan fingerprint density at radius 1 is 1.20 bits per heavy atom. The van der Waals surface area contributed by atoms with E-state index in [4.69, 9.17) is 17.5 Å². The van der Waals surface area contributed by atoms with Gasteiger partial charge in [0.25, 0.3) is 0 Å². The molecule has 1 rings (SSSR count). The third-order valence-electron chi connectivity index (χ3n) is 1.48. The summed E-state index contributed by atoms with van der Waals surface area (Å²) in [6.45, 7) is 1.46. The van der Waals surface area contributed by atoms with E-state index < -0.39 is 21.8 Å². The van der Waals surface area contributed by atoms with E-state index >= 15 is 0 Å². The summed E-state index contributed by atoms with van der Waals surface area (Å²) in [5.74, 6) is 0. The lowest BCUT2D eigenvalue weighted by molar-refractivity contribution is -0.0673. The number of piperidine rings is 1. The van der Waals surface area contributed by atoms with Gasteiger partial charge in [-0.3, -0.25) is 9.11 Å². The molecule has 0 aromatic rings. The number of rotatable bonds is 2. The molecule has 2 N–H and O–H groups in total. The van der Waals surface area contributed by atoms with Gasteiger partial charge in [0.05, 0.1) is 0 Å². The number of hydroxylamine groups is 2. The molecule has 1 heterocycles. The molecule has 1 unspecified atom stereocenters. The van der Waals surface area contributed by atoms with Crippen molar-refractivity contribution >= 4 is 21.8 Å². The Hall–Kier alpha value is -0.100. The Labute approximate surface area is 90.2 Å². The molecule has 0 spiro atoms. The van der Waals surface area contributed by atoms with Crippen LogP contribution in [0, 0.1) is 0 Å². The van der Waals surface area contributed by atoms with E-state index in [2.05, 4.69) is 4.28 Å².